The smallest absolute Gasteiger partial charge is 0.227 e. The molecule has 1 aliphatic rings. The fraction of sp³-hybridized carbons (Fsp3) is 0.500. The number of nitrogens with one attached hydrogen (secondary N) is 1. The molecular formula is C14H18FNO3S. The molecule has 0 saturated heterocycles. The van der Waals surface area contributed by atoms with Crippen LogP contribution in [0.15, 0.2) is 24.3 Å². The van der Waals surface area contributed by atoms with Gasteiger partial charge in [-0.3, -0.25) is 4.79 Å². The molecule has 1 aromatic carbocycles. The highest BCUT2D eigenvalue weighted by atomic mass is 32.2. The van der Waals surface area contributed by atoms with E-state index in [4.69, 9.17) is 0 Å². The van der Waals surface area contributed by atoms with E-state index < -0.39 is 9.84 Å². The van der Waals surface area contributed by atoms with Gasteiger partial charge in [-0.2, -0.15) is 0 Å². The van der Waals surface area contributed by atoms with Crippen molar-refractivity contribution in [2.24, 2.45) is 5.92 Å². The van der Waals surface area contributed by atoms with Crippen LogP contribution in [0.3, 0.4) is 0 Å². The summed E-state index contributed by atoms with van der Waals surface area (Å²) in [4.78, 5) is 12.2. The molecule has 1 unspecified atom stereocenters. The minimum absolute atomic E-state index is 0.0699. The minimum Gasteiger partial charge on any atom is -0.355 e. The van der Waals surface area contributed by atoms with Gasteiger partial charge in [-0.25, -0.2) is 12.8 Å². The molecule has 110 valence electrons. The average Bonchev–Trinajstić information content (AvgIpc) is 3.15. The Morgan fingerprint density at radius 2 is 1.95 bits per heavy atom. The predicted octanol–water partition coefficient (Wildman–Crippen LogP) is 1.48. The first-order valence-electron chi connectivity index (χ1n) is 6.58. The second kappa shape index (κ2) is 5.91. The highest BCUT2D eigenvalue weighted by Gasteiger charge is 2.37. The van der Waals surface area contributed by atoms with Gasteiger partial charge in [0.05, 0.1) is 11.7 Å². The molecule has 0 aromatic heterocycles. The topological polar surface area (TPSA) is 63.2 Å². The van der Waals surface area contributed by atoms with Crippen molar-refractivity contribution in [3.05, 3.63) is 35.6 Å². The summed E-state index contributed by atoms with van der Waals surface area (Å²) in [7, 11) is -3.08. The van der Waals surface area contributed by atoms with Crippen molar-refractivity contribution in [1.82, 2.24) is 5.32 Å². The third-order valence-electron chi connectivity index (χ3n) is 3.38. The molecule has 1 N–H and O–H groups in total. The summed E-state index contributed by atoms with van der Waals surface area (Å²) in [5.74, 6) is -0.614. The quantitative estimate of drug-likeness (QED) is 0.865. The first-order chi connectivity index (χ1) is 9.37. The number of carbonyl (C=O) groups excluding carboxylic acids is 1. The normalized spacial score (nSPS) is 16.7. The fourth-order valence-corrected chi connectivity index (χ4v) is 2.68. The van der Waals surface area contributed by atoms with E-state index in [1.165, 1.54) is 12.1 Å². The summed E-state index contributed by atoms with van der Waals surface area (Å²) in [5.41, 5.74) is 0.783. The van der Waals surface area contributed by atoms with Crippen LogP contribution in [0.4, 0.5) is 4.39 Å². The molecule has 1 atom stereocenters. The Morgan fingerprint density at radius 1 is 1.35 bits per heavy atom. The van der Waals surface area contributed by atoms with Gasteiger partial charge in [0.1, 0.15) is 15.7 Å². The van der Waals surface area contributed by atoms with E-state index in [0.29, 0.717) is 0 Å². The Kier molecular flexibility index (Phi) is 4.42. The molecule has 6 heteroatoms. The Morgan fingerprint density at radius 3 is 2.45 bits per heavy atom. The van der Waals surface area contributed by atoms with Crippen molar-refractivity contribution in [1.29, 1.82) is 0 Å². The second-order valence-corrected chi connectivity index (χ2v) is 7.55. The third-order valence-corrected chi connectivity index (χ3v) is 4.32. The number of amides is 1. The maximum absolute atomic E-state index is 12.9. The summed E-state index contributed by atoms with van der Waals surface area (Å²) < 4.78 is 35.0. The largest absolute Gasteiger partial charge is 0.355 e. The SMILES string of the molecule is CS(=O)(=O)CCNC(=O)C(c1ccc(F)cc1)C1CC1. The number of rotatable bonds is 6. The standard InChI is InChI=1S/C14H18FNO3S/c1-20(18,19)9-8-16-14(17)13(10-2-3-10)11-4-6-12(15)7-5-11/h4-7,10,13H,2-3,8-9H2,1H3,(H,16,17). The summed E-state index contributed by atoms with van der Waals surface area (Å²) in [6.07, 6.45) is 3.08. The maximum Gasteiger partial charge on any atom is 0.227 e. The Labute approximate surface area is 118 Å². The van der Waals surface area contributed by atoms with Crippen molar-refractivity contribution in [3.63, 3.8) is 0 Å². The Bertz CT molecular complexity index is 579. The Balaban J connectivity index is 2.01. The Hall–Kier alpha value is -1.43. The number of hydrogen-bond donors (Lipinski definition) is 1. The number of carbonyl (C=O) groups is 1. The first-order valence-corrected chi connectivity index (χ1v) is 8.64. The first kappa shape index (κ1) is 15.0. The van der Waals surface area contributed by atoms with Crippen molar-refractivity contribution >= 4 is 15.7 Å². The van der Waals surface area contributed by atoms with Crippen molar-refractivity contribution in [2.45, 2.75) is 18.8 Å². The van der Waals surface area contributed by atoms with Crippen LogP contribution in [0.1, 0.15) is 24.3 Å². The van der Waals surface area contributed by atoms with Crippen LogP contribution in [0.25, 0.3) is 0 Å². The molecule has 0 heterocycles. The lowest BCUT2D eigenvalue weighted by molar-refractivity contribution is -0.122. The molecule has 0 aliphatic heterocycles. The number of benzene rings is 1. The number of sulfone groups is 1. The lowest BCUT2D eigenvalue weighted by atomic mass is 9.93. The van der Waals surface area contributed by atoms with Crippen molar-refractivity contribution < 1.29 is 17.6 Å². The summed E-state index contributed by atoms with van der Waals surface area (Å²) in [6, 6.07) is 5.92. The highest BCUT2D eigenvalue weighted by Crippen LogP contribution is 2.42. The molecule has 1 aliphatic carbocycles. The van der Waals surface area contributed by atoms with Gasteiger partial charge in [0, 0.05) is 12.8 Å². The van der Waals surface area contributed by atoms with Crippen LogP contribution in [-0.2, 0) is 14.6 Å². The van der Waals surface area contributed by atoms with Gasteiger partial charge >= 0.3 is 0 Å². The van der Waals surface area contributed by atoms with Crippen LogP contribution in [0.2, 0.25) is 0 Å². The van der Waals surface area contributed by atoms with E-state index >= 15 is 0 Å². The monoisotopic (exact) mass is 299 g/mol. The summed E-state index contributed by atoms with van der Waals surface area (Å²) in [6.45, 7) is 0.113. The van der Waals surface area contributed by atoms with Gasteiger partial charge in [0.2, 0.25) is 5.91 Å². The predicted molar refractivity (Wildman–Crippen MR) is 74.6 cm³/mol. The molecule has 0 bridgehead atoms. The fourth-order valence-electron chi connectivity index (χ4n) is 2.21. The number of halogens is 1. The van der Waals surface area contributed by atoms with Crippen LogP contribution in [-0.4, -0.2) is 32.9 Å². The van der Waals surface area contributed by atoms with E-state index in [2.05, 4.69) is 5.32 Å². The zero-order valence-corrected chi connectivity index (χ0v) is 12.1. The maximum atomic E-state index is 12.9. The van der Waals surface area contributed by atoms with Gasteiger partial charge in [-0.15, -0.1) is 0 Å². The molecule has 0 radical (unpaired) electrons. The second-order valence-electron chi connectivity index (χ2n) is 5.29. The molecule has 1 amide bonds. The van der Waals surface area contributed by atoms with Gasteiger partial charge in [0.15, 0.2) is 0 Å². The molecule has 0 spiro atoms. The summed E-state index contributed by atoms with van der Waals surface area (Å²) >= 11 is 0. The molecule has 1 fully saturated rings. The van der Waals surface area contributed by atoms with Crippen LogP contribution >= 0.6 is 0 Å². The molecule has 2 rings (SSSR count). The van der Waals surface area contributed by atoms with Crippen LogP contribution < -0.4 is 5.32 Å². The lowest BCUT2D eigenvalue weighted by Gasteiger charge is -2.16. The molecular weight excluding hydrogens is 281 g/mol. The molecule has 20 heavy (non-hydrogen) atoms. The molecule has 4 nitrogen and oxygen atoms in total. The van der Waals surface area contributed by atoms with Crippen molar-refractivity contribution in [2.75, 3.05) is 18.6 Å². The lowest BCUT2D eigenvalue weighted by Crippen LogP contribution is -2.33. The van der Waals surface area contributed by atoms with E-state index in [0.717, 1.165) is 24.7 Å². The van der Waals surface area contributed by atoms with Crippen LogP contribution in [0.5, 0.6) is 0 Å². The average molecular weight is 299 g/mol. The van der Waals surface area contributed by atoms with E-state index in [-0.39, 0.29) is 35.9 Å². The minimum atomic E-state index is -3.08. The van der Waals surface area contributed by atoms with E-state index in [1.54, 1.807) is 12.1 Å². The zero-order valence-electron chi connectivity index (χ0n) is 11.3. The van der Waals surface area contributed by atoms with E-state index in [1.807, 2.05) is 0 Å². The van der Waals surface area contributed by atoms with Gasteiger partial charge < -0.3 is 5.32 Å². The summed E-state index contributed by atoms with van der Waals surface area (Å²) in [5, 5.41) is 2.66. The number of hydrogen-bond acceptors (Lipinski definition) is 3. The third kappa shape index (κ3) is 4.30. The molecule has 1 aromatic rings. The van der Waals surface area contributed by atoms with Crippen molar-refractivity contribution in [3.8, 4) is 0 Å². The van der Waals surface area contributed by atoms with Crippen LogP contribution in [0, 0.1) is 11.7 Å². The van der Waals surface area contributed by atoms with Gasteiger partial charge in [0.25, 0.3) is 0 Å². The zero-order chi connectivity index (χ0) is 14.8. The van der Waals surface area contributed by atoms with E-state index in [9.17, 15) is 17.6 Å². The van der Waals surface area contributed by atoms with Gasteiger partial charge in [-0.1, -0.05) is 12.1 Å². The van der Waals surface area contributed by atoms with Gasteiger partial charge in [-0.05, 0) is 36.5 Å². The highest BCUT2D eigenvalue weighted by molar-refractivity contribution is 7.90. The molecule has 1 saturated carbocycles.